The topological polar surface area (TPSA) is 111 Å². The van der Waals surface area contributed by atoms with Crippen LogP contribution >= 0.6 is 55.1 Å². The number of hydrogen-bond acceptors (Lipinski definition) is 7. The second kappa shape index (κ2) is 13.9. The van der Waals surface area contributed by atoms with Crippen LogP contribution in [-0.2, 0) is 0 Å². The van der Waals surface area contributed by atoms with Crippen LogP contribution in [0, 0.1) is 0 Å². The van der Waals surface area contributed by atoms with Crippen LogP contribution in [0.15, 0.2) is 80.8 Å². The van der Waals surface area contributed by atoms with Crippen LogP contribution < -0.4 is 24.4 Å². The number of fused-ring (bicyclic) bond motifs is 1. The molecule has 1 heterocycles. The number of carbonyl (C=O) groups is 2. The molecular weight excluding hydrogens is 753 g/mol. The van der Waals surface area contributed by atoms with Gasteiger partial charge in [-0.3, -0.25) is 4.79 Å². The third kappa shape index (κ3) is 6.81. The van der Waals surface area contributed by atoms with Crippen LogP contribution in [0.25, 0.3) is 22.0 Å². The maximum Gasteiger partial charge on any atom is 0.343 e. The lowest BCUT2D eigenvalue weighted by molar-refractivity contribution is 0.0732. The number of nitrogens with zero attached hydrogens (tertiary/aromatic N) is 1. The summed E-state index contributed by atoms with van der Waals surface area (Å²) in [7, 11) is 4.36. The van der Waals surface area contributed by atoms with Crippen molar-refractivity contribution >= 4 is 84.1 Å². The Bertz CT molecular complexity index is 1950. The van der Waals surface area contributed by atoms with Crippen molar-refractivity contribution in [1.82, 2.24) is 10.4 Å². The number of carbonyl (C=O) groups excluding carboxylic acids is 2. The lowest BCUT2D eigenvalue weighted by Crippen LogP contribution is -2.19. The number of hydrogen-bond donors (Lipinski definition) is 2. The summed E-state index contributed by atoms with van der Waals surface area (Å²) in [6, 6.07) is 18.8. The molecule has 0 fully saturated rings. The van der Waals surface area contributed by atoms with Crippen LogP contribution in [0.1, 0.15) is 26.4 Å². The molecule has 0 spiro atoms. The van der Waals surface area contributed by atoms with Gasteiger partial charge in [0.1, 0.15) is 5.69 Å². The molecule has 0 saturated heterocycles. The first-order chi connectivity index (χ1) is 21.6. The number of ether oxygens (including phenoxy) is 4. The van der Waals surface area contributed by atoms with Gasteiger partial charge in [-0.05, 0) is 64.5 Å². The highest BCUT2D eigenvalue weighted by atomic mass is 79.9. The van der Waals surface area contributed by atoms with Crippen molar-refractivity contribution in [1.29, 1.82) is 0 Å². The summed E-state index contributed by atoms with van der Waals surface area (Å²) in [5.74, 6) is -0.152. The van der Waals surface area contributed by atoms with E-state index in [4.69, 9.17) is 42.1 Å². The molecule has 0 atom stereocenters. The Balaban J connectivity index is 1.45. The van der Waals surface area contributed by atoms with E-state index >= 15 is 0 Å². The van der Waals surface area contributed by atoms with Crippen molar-refractivity contribution in [2.45, 2.75) is 0 Å². The van der Waals surface area contributed by atoms with Gasteiger partial charge in [-0.25, -0.2) is 10.2 Å². The van der Waals surface area contributed by atoms with Gasteiger partial charge in [0.15, 0.2) is 17.2 Å². The molecule has 5 rings (SSSR count). The summed E-state index contributed by atoms with van der Waals surface area (Å²) >= 11 is 19.7. The Morgan fingerprint density at radius 2 is 1.60 bits per heavy atom. The number of aromatic nitrogens is 1. The molecule has 0 bridgehead atoms. The molecule has 0 radical (unpaired) electrons. The molecule has 0 aliphatic heterocycles. The van der Waals surface area contributed by atoms with Crippen LogP contribution in [-0.4, -0.2) is 44.4 Å². The van der Waals surface area contributed by atoms with E-state index in [0.717, 1.165) is 5.39 Å². The van der Waals surface area contributed by atoms with Crippen molar-refractivity contribution in [3.8, 4) is 34.1 Å². The maximum atomic E-state index is 13.5. The van der Waals surface area contributed by atoms with Gasteiger partial charge in [0.05, 0.1) is 37.6 Å². The molecule has 13 heteroatoms. The van der Waals surface area contributed by atoms with Crippen molar-refractivity contribution in [2.75, 3.05) is 21.3 Å². The molecule has 1 aromatic heterocycles. The number of benzene rings is 4. The van der Waals surface area contributed by atoms with Crippen molar-refractivity contribution < 1.29 is 28.5 Å². The Morgan fingerprint density at radius 3 is 2.27 bits per heavy atom. The summed E-state index contributed by atoms with van der Waals surface area (Å²) in [4.78, 5) is 29.9. The molecule has 0 unspecified atom stereocenters. The fraction of sp³-hybridized carbons (Fsp3) is 0.0938. The van der Waals surface area contributed by atoms with Gasteiger partial charge >= 0.3 is 5.97 Å². The minimum Gasteiger partial charge on any atom is -0.493 e. The van der Waals surface area contributed by atoms with Crippen molar-refractivity contribution in [3.05, 3.63) is 103 Å². The molecule has 5 aromatic rings. The highest BCUT2D eigenvalue weighted by Gasteiger charge is 2.23. The fourth-order valence-corrected chi connectivity index (χ4v) is 6.37. The standard InChI is InChI=1S/C32H23Br2Cl2N3O6/c1-42-25-11-16(12-26(43-2)30(25)44-3)32(41)45-29-17(10-18(33)13-22(29)34)15-37-39-31(40)28-27(20-6-4-5-7-23(20)36)21-14-19(35)8-9-24(21)38-28/h4-15,38H,1-3H3,(H,39,40). The van der Waals surface area contributed by atoms with Gasteiger partial charge in [-0.15, -0.1) is 0 Å². The molecule has 1 amide bonds. The minimum atomic E-state index is -0.697. The summed E-state index contributed by atoms with van der Waals surface area (Å²) in [5.41, 5.74) is 5.25. The molecule has 2 N–H and O–H groups in total. The number of aromatic amines is 1. The second-order valence-corrected chi connectivity index (χ2v) is 12.0. The third-order valence-corrected chi connectivity index (χ3v) is 8.24. The monoisotopic (exact) mass is 773 g/mol. The fourth-order valence-electron chi connectivity index (χ4n) is 4.63. The Morgan fingerprint density at radius 1 is 0.889 bits per heavy atom. The van der Waals surface area contributed by atoms with Crippen LogP contribution in [0.2, 0.25) is 10.0 Å². The summed E-state index contributed by atoms with van der Waals surface area (Å²) in [6.07, 6.45) is 1.36. The molecule has 230 valence electrons. The molecular formula is C32H23Br2Cl2N3O6. The summed E-state index contributed by atoms with van der Waals surface area (Å²) in [5, 5.41) is 5.87. The zero-order valence-electron chi connectivity index (χ0n) is 23.8. The van der Waals surface area contributed by atoms with E-state index in [9.17, 15) is 9.59 Å². The van der Waals surface area contributed by atoms with E-state index in [-0.39, 0.29) is 17.0 Å². The first-order valence-corrected chi connectivity index (χ1v) is 15.4. The quantitative estimate of drug-likeness (QED) is 0.0671. The molecule has 4 aromatic carbocycles. The number of hydrazone groups is 1. The Kier molecular flexibility index (Phi) is 10.0. The first kappa shape index (κ1) is 32.4. The number of H-pyrrole nitrogens is 1. The molecule has 0 aliphatic rings. The molecule has 0 aliphatic carbocycles. The van der Waals surface area contributed by atoms with Gasteiger partial charge in [0.2, 0.25) is 5.75 Å². The van der Waals surface area contributed by atoms with E-state index in [1.54, 1.807) is 42.5 Å². The molecule has 45 heavy (non-hydrogen) atoms. The third-order valence-electron chi connectivity index (χ3n) is 6.63. The summed E-state index contributed by atoms with van der Waals surface area (Å²) in [6.45, 7) is 0. The van der Waals surface area contributed by atoms with Crippen LogP contribution in [0.4, 0.5) is 0 Å². The number of amides is 1. The van der Waals surface area contributed by atoms with Gasteiger partial charge in [0.25, 0.3) is 5.91 Å². The highest BCUT2D eigenvalue weighted by molar-refractivity contribution is 9.11. The smallest absolute Gasteiger partial charge is 0.343 e. The number of rotatable bonds is 9. The summed E-state index contributed by atoms with van der Waals surface area (Å²) < 4.78 is 23.0. The highest BCUT2D eigenvalue weighted by Crippen LogP contribution is 2.40. The van der Waals surface area contributed by atoms with Gasteiger partial charge in [-0.2, -0.15) is 5.10 Å². The van der Waals surface area contributed by atoms with Crippen molar-refractivity contribution in [3.63, 3.8) is 0 Å². The van der Waals surface area contributed by atoms with E-state index in [2.05, 4.69) is 47.4 Å². The number of methoxy groups -OCH3 is 3. The Labute approximate surface area is 284 Å². The number of esters is 1. The first-order valence-electron chi connectivity index (χ1n) is 13.1. The predicted molar refractivity (Wildman–Crippen MR) is 182 cm³/mol. The van der Waals surface area contributed by atoms with Crippen LogP contribution in [0.3, 0.4) is 0 Å². The van der Waals surface area contributed by atoms with Crippen molar-refractivity contribution in [2.24, 2.45) is 5.10 Å². The average molecular weight is 776 g/mol. The van der Waals surface area contributed by atoms with E-state index < -0.39 is 11.9 Å². The lowest BCUT2D eigenvalue weighted by atomic mass is 10.0. The van der Waals surface area contributed by atoms with E-state index in [0.29, 0.717) is 58.4 Å². The van der Waals surface area contributed by atoms with Gasteiger partial charge in [0, 0.05) is 42.1 Å². The number of halogens is 4. The Hall–Kier alpha value is -4.03. The normalized spacial score (nSPS) is 11.1. The SMILES string of the molecule is COc1cc(C(=O)Oc2c(Br)cc(Br)cc2C=NNC(=O)c2[nH]c3ccc(Cl)cc3c2-c2ccccc2Cl)cc(OC)c1OC. The van der Waals surface area contributed by atoms with Gasteiger partial charge in [-0.1, -0.05) is 57.3 Å². The largest absolute Gasteiger partial charge is 0.493 e. The van der Waals surface area contributed by atoms with E-state index in [1.807, 2.05) is 12.1 Å². The minimum absolute atomic E-state index is 0.154. The lowest BCUT2D eigenvalue weighted by Gasteiger charge is -2.15. The van der Waals surface area contributed by atoms with E-state index in [1.165, 1.54) is 39.7 Å². The van der Waals surface area contributed by atoms with Crippen LogP contribution in [0.5, 0.6) is 23.0 Å². The second-order valence-electron chi connectivity index (χ2n) is 9.35. The molecule has 9 nitrogen and oxygen atoms in total. The maximum absolute atomic E-state index is 13.5. The zero-order valence-corrected chi connectivity index (χ0v) is 28.5. The zero-order chi connectivity index (χ0) is 32.2. The average Bonchev–Trinajstić information content (AvgIpc) is 3.40. The van der Waals surface area contributed by atoms with Gasteiger partial charge < -0.3 is 23.9 Å². The molecule has 0 saturated carbocycles. The number of nitrogens with one attached hydrogen (secondary N) is 2. The predicted octanol–water partition coefficient (Wildman–Crippen LogP) is 8.68.